The van der Waals surface area contributed by atoms with Gasteiger partial charge in [-0.15, -0.1) is 0 Å². The Hall–Kier alpha value is -1.67. The number of benzene rings is 1. The molecule has 0 aliphatic rings. The first-order valence-corrected chi connectivity index (χ1v) is 4.51. The van der Waals surface area contributed by atoms with Crippen LogP contribution in [0.2, 0.25) is 0 Å². The topological polar surface area (TPSA) is 38.7 Å². The van der Waals surface area contributed by atoms with Crippen molar-refractivity contribution in [1.29, 1.82) is 0 Å². The van der Waals surface area contributed by atoms with Gasteiger partial charge in [0.15, 0.2) is 11.6 Å². The number of ether oxygens (including phenoxy) is 1. The summed E-state index contributed by atoms with van der Waals surface area (Å²) in [6.45, 7) is 3.54. The number of aliphatic imine (C=N–C) groups is 1. The molecular weight excluding hydrogens is 197 g/mol. The molecule has 0 aliphatic heterocycles. The third kappa shape index (κ3) is 3.52. The molecule has 0 aromatic heterocycles. The van der Waals surface area contributed by atoms with Crippen LogP contribution in [-0.2, 0) is 4.79 Å². The molecule has 0 N–H and O–H groups in total. The summed E-state index contributed by atoms with van der Waals surface area (Å²) in [4.78, 5) is 13.6. The van der Waals surface area contributed by atoms with Gasteiger partial charge in [-0.3, -0.25) is 0 Å². The third-order valence-electron chi connectivity index (χ3n) is 1.77. The van der Waals surface area contributed by atoms with Crippen molar-refractivity contribution in [2.75, 3.05) is 6.61 Å². The summed E-state index contributed by atoms with van der Waals surface area (Å²) >= 11 is 0. The Bertz CT molecular complexity index is 384. The zero-order valence-electron chi connectivity index (χ0n) is 8.66. The fourth-order valence-electron chi connectivity index (χ4n) is 0.972. The Morgan fingerprint density at radius 3 is 2.73 bits per heavy atom. The van der Waals surface area contributed by atoms with Crippen molar-refractivity contribution in [3.63, 3.8) is 0 Å². The molecule has 80 valence electrons. The number of rotatable bonds is 4. The fourth-order valence-corrected chi connectivity index (χ4v) is 0.972. The van der Waals surface area contributed by atoms with Crippen LogP contribution < -0.4 is 4.74 Å². The molecule has 0 radical (unpaired) electrons. The highest BCUT2D eigenvalue weighted by Gasteiger charge is 2.18. The van der Waals surface area contributed by atoms with Crippen molar-refractivity contribution < 1.29 is 13.9 Å². The summed E-state index contributed by atoms with van der Waals surface area (Å²) in [5, 5.41) is 0. The molecule has 0 heterocycles. The average Bonchev–Trinajstić information content (AvgIpc) is 2.16. The highest BCUT2D eigenvalue weighted by molar-refractivity contribution is 5.34. The second-order valence-corrected chi connectivity index (χ2v) is 3.73. The lowest BCUT2D eigenvalue weighted by molar-refractivity contribution is 0.235. The number of isocyanates is 1. The molecule has 0 amide bonds. The average molecular weight is 209 g/mol. The minimum Gasteiger partial charge on any atom is -0.488 e. The van der Waals surface area contributed by atoms with E-state index in [1.165, 1.54) is 18.2 Å². The van der Waals surface area contributed by atoms with E-state index in [4.69, 9.17) is 4.74 Å². The summed E-state index contributed by atoms with van der Waals surface area (Å²) in [5.41, 5.74) is -0.690. The Morgan fingerprint density at radius 2 is 2.13 bits per heavy atom. The number of para-hydroxylation sites is 1. The van der Waals surface area contributed by atoms with Crippen molar-refractivity contribution in [3.8, 4) is 5.75 Å². The van der Waals surface area contributed by atoms with Gasteiger partial charge in [-0.25, -0.2) is 9.18 Å². The predicted octanol–water partition coefficient (Wildman–Crippen LogP) is 2.32. The molecule has 0 bridgehead atoms. The van der Waals surface area contributed by atoms with Gasteiger partial charge >= 0.3 is 0 Å². The number of hydrogen-bond acceptors (Lipinski definition) is 3. The van der Waals surface area contributed by atoms with Gasteiger partial charge in [0, 0.05) is 0 Å². The molecule has 0 atom stereocenters. The number of halogens is 1. The van der Waals surface area contributed by atoms with Gasteiger partial charge in [-0.1, -0.05) is 12.1 Å². The smallest absolute Gasteiger partial charge is 0.235 e. The van der Waals surface area contributed by atoms with E-state index in [1.54, 1.807) is 26.0 Å². The molecule has 4 heteroatoms. The van der Waals surface area contributed by atoms with E-state index in [9.17, 15) is 9.18 Å². The van der Waals surface area contributed by atoms with Gasteiger partial charge in [0.25, 0.3) is 0 Å². The van der Waals surface area contributed by atoms with Crippen molar-refractivity contribution in [3.05, 3.63) is 30.1 Å². The Kier molecular flexibility index (Phi) is 3.58. The predicted molar refractivity (Wildman–Crippen MR) is 54.1 cm³/mol. The largest absolute Gasteiger partial charge is 0.488 e. The van der Waals surface area contributed by atoms with Gasteiger partial charge in [-0.05, 0) is 26.0 Å². The van der Waals surface area contributed by atoms with Crippen LogP contribution in [0.3, 0.4) is 0 Å². The van der Waals surface area contributed by atoms with E-state index in [2.05, 4.69) is 4.99 Å². The molecule has 0 saturated carbocycles. The molecule has 0 unspecified atom stereocenters. The van der Waals surface area contributed by atoms with Gasteiger partial charge in [-0.2, -0.15) is 4.99 Å². The quantitative estimate of drug-likeness (QED) is 0.563. The van der Waals surface area contributed by atoms with Crippen LogP contribution in [0.1, 0.15) is 13.8 Å². The summed E-state index contributed by atoms with van der Waals surface area (Å²) in [5.74, 6) is -0.268. The molecule has 1 rings (SSSR count). The first-order chi connectivity index (χ1) is 7.05. The van der Waals surface area contributed by atoms with Crippen molar-refractivity contribution in [2.45, 2.75) is 19.4 Å². The van der Waals surface area contributed by atoms with Gasteiger partial charge in [0.05, 0.1) is 0 Å². The van der Waals surface area contributed by atoms with Gasteiger partial charge in [0.1, 0.15) is 12.1 Å². The van der Waals surface area contributed by atoms with Crippen LogP contribution in [-0.4, -0.2) is 18.2 Å². The second kappa shape index (κ2) is 4.71. The van der Waals surface area contributed by atoms with Crippen LogP contribution in [0.15, 0.2) is 29.3 Å². The molecule has 0 saturated heterocycles. The molecular formula is C11H12FNO2. The van der Waals surface area contributed by atoms with Crippen LogP contribution >= 0.6 is 0 Å². The van der Waals surface area contributed by atoms with Gasteiger partial charge in [0.2, 0.25) is 6.08 Å². The first kappa shape index (κ1) is 11.4. The molecule has 3 nitrogen and oxygen atoms in total. The molecule has 15 heavy (non-hydrogen) atoms. The third-order valence-corrected chi connectivity index (χ3v) is 1.77. The maximum atomic E-state index is 13.1. The molecule has 1 aromatic carbocycles. The SMILES string of the molecule is CC(C)(COc1ccccc1F)N=C=O. The van der Waals surface area contributed by atoms with Crippen molar-refractivity contribution in [1.82, 2.24) is 0 Å². The summed E-state index contributed by atoms with van der Waals surface area (Å²) in [6.07, 6.45) is 1.46. The number of hydrogen-bond donors (Lipinski definition) is 0. The van der Waals surface area contributed by atoms with Crippen LogP contribution in [0.5, 0.6) is 5.75 Å². The van der Waals surface area contributed by atoms with E-state index >= 15 is 0 Å². The lowest BCUT2D eigenvalue weighted by Crippen LogP contribution is -2.26. The van der Waals surface area contributed by atoms with E-state index in [1.807, 2.05) is 0 Å². The lowest BCUT2D eigenvalue weighted by atomic mass is 10.1. The minimum atomic E-state index is -0.690. The van der Waals surface area contributed by atoms with Crippen LogP contribution in [0.25, 0.3) is 0 Å². The van der Waals surface area contributed by atoms with Crippen LogP contribution in [0, 0.1) is 5.82 Å². The van der Waals surface area contributed by atoms with E-state index < -0.39 is 11.4 Å². The number of nitrogens with zero attached hydrogens (tertiary/aromatic N) is 1. The Balaban J connectivity index is 2.65. The minimum absolute atomic E-state index is 0.128. The molecule has 0 fully saturated rings. The van der Waals surface area contributed by atoms with Crippen LogP contribution in [0.4, 0.5) is 4.39 Å². The zero-order valence-corrected chi connectivity index (χ0v) is 8.66. The molecule has 0 spiro atoms. The Morgan fingerprint density at radius 1 is 1.47 bits per heavy atom. The standard InChI is InChI=1S/C11H12FNO2/c1-11(2,13-8-14)7-15-10-6-4-3-5-9(10)12/h3-6H,7H2,1-2H3. The first-order valence-electron chi connectivity index (χ1n) is 4.51. The molecule has 1 aromatic rings. The highest BCUT2D eigenvalue weighted by atomic mass is 19.1. The van der Waals surface area contributed by atoms with Crippen molar-refractivity contribution in [2.24, 2.45) is 4.99 Å². The Labute approximate surface area is 87.6 Å². The summed E-state index contributed by atoms with van der Waals surface area (Å²) < 4.78 is 18.3. The normalized spacial score (nSPS) is 10.6. The summed E-state index contributed by atoms with van der Waals surface area (Å²) in [6, 6.07) is 6.09. The van der Waals surface area contributed by atoms with E-state index in [0.717, 1.165) is 0 Å². The fraction of sp³-hybridized carbons (Fsp3) is 0.364. The zero-order chi connectivity index (χ0) is 11.3. The van der Waals surface area contributed by atoms with E-state index in [0.29, 0.717) is 0 Å². The maximum Gasteiger partial charge on any atom is 0.235 e. The molecule has 0 aliphatic carbocycles. The van der Waals surface area contributed by atoms with E-state index in [-0.39, 0.29) is 12.4 Å². The summed E-state index contributed by atoms with van der Waals surface area (Å²) in [7, 11) is 0. The van der Waals surface area contributed by atoms with Crippen molar-refractivity contribution >= 4 is 6.08 Å². The van der Waals surface area contributed by atoms with Gasteiger partial charge < -0.3 is 4.74 Å². The number of carbonyl (C=O) groups excluding carboxylic acids is 1. The lowest BCUT2D eigenvalue weighted by Gasteiger charge is -2.18. The second-order valence-electron chi connectivity index (χ2n) is 3.73. The monoisotopic (exact) mass is 209 g/mol. The highest BCUT2D eigenvalue weighted by Crippen LogP contribution is 2.18. The maximum absolute atomic E-state index is 13.1.